The van der Waals surface area contributed by atoms with Crippen molar-refractivity contribution in [1.29, 1.82) is 0 Å². The molecule has 1 heteroatoms. The van der Waals surface area contributed by atoms with Gasteiger partial charge in [0.15, 0.2) is 0 Å². The summed E-state index contributed by atoms with van der Waals surface area (Å²) in [5.74, 6) is 2.96. The normalized spacial score (nSPS) is 29.0. The van der Waals surface area contributed by atoms with E-state index in [1.54, 1.807) is 0 Å². The van der Waals surface area contributed by atoms with Gasteiger partial charge in [-0.25, -0.2) is 0 Å². The van der Waals surface area contributed by atoms with E-state index in [0.717, 1.165) is 17.8 Å². The molecule has 0 radical (unpaired) electrons. The maximum absolute atomic E-state index is 3.39. The number of hydrogen-bond donors (Lipinski definition) is 1. The van der Waals surface area contributed by atoms with E-state index in [1.807, 2.05) is 0 Å². The van der Waals surface area contributed by atoms with Gasteiger partial charge in [-0.1, -0.05) is 46.0 Å². The SMILES string of the molecule is CCCC(CC)C1CCCCC1CNC. The minimum atomic E-state index is 0.959. The maximum Gasteiger partial charge on any atom is -0.00208 e. The lowest BCUT2D eigenvalue weighted by atomic mass is 9.70. The Balaban J connectivity index is 2.52. The van der Waals surface area contributed by atoms with Gasteiger partial charge in [0.2, 0.25) is 0 Å². The molecule has 0 saturated heterocycles. The molecule has 1 N–H and O–H groups in total. The second-order valence-corrected chi connectivity index (χ2v) is 5.22. The van der Waals surface area contributed by atoms with Gasteiger partial charge in [-0.2, -0.15) is 0 Å². The van der Waals surface area contributed by atoms with E-state index in [-0.39, 0.29) is 0 Å². The van der Waals surface area contributed by atoms with Crippen molar-refractivity contribution in [3.63, 3.8) is 0 Å². The molecule has 3 atom stereocenters. The van der Waals surface area contributed by atoms with Gasteiger partial charge in [-0.05, 0) is 44.2 Å². The Labute approximate surface area is 96.0 Å². The molecule has 1 aliphatic rings. The van der Waals surface area contributed by atoms with Gasteiger partial charge in [-0.15, -0.1) is 0 Å². The van der Waals surface area contributed by atoms with Gasteiger partial charge >= 0.3 is 0 Å². The summed E-state index contributed by atoms with van der Waals surface area (Å²) in [4.78, 5) is 0. The van der Waals surface area contributed by atoms with E-state index in [9.17, 15) is 0 Å². The molecule has 0 aromatic rings. The molecule has 0 aromatic heterocycles. The zero-order valence-electron chi connectivity index (χ0n) is 10.9. The summed E-state index contributed by atoms with van der Waals surface area (Å²) in [7, 11) is 2.10. The van der Waals surface area contributed by atoms with E-state index in [1.165, 1.54) is 51.5 Å². The fraction of sp³-hybridized carbons (Fsp3) is 1.00. The summed E-state index contributed by atoms with van der Waals surface area (Å²) >= 11 is 0. The Morgan fingerprint density at radius 2 is 1.93 bits per heavy atom. The molecule has 1 rings (SSSR count). The fourth-order valence-electron chi connectivity index (χ4n) is 3.46. The zero-order chi connectivity index (χ0) is 11.1. The van der Waals surface area contributed by atoms with Gasteiger partial charge in [-0.3, -0.25) is 0 Å². The highest BCUT2D eigenvalue weighted by Crippen LogP contribution is 2.38. The number of hydrogen-bond acceptors (Lipinski definition) is 1. The molecule has 3 unspecified atom stereocenters. The largest absolute Gasteiger partial charge is 0.319 e. The van der Waals surface area contributed by atoms with Crippen molar-refractivity contribution < 1.29 is 0 Å². The second kappa shape index (κ2) is 7.27. The minimum Gasteiger partial charge on any atom is -0.319 e. The second-order valence-electron chi connectivity index (χ2n) is 5.22. The lowest BCUT2D eigenvalue weighted by Crippen LogP contribution is -2.33. The third kappa shape index (κ3) is 3.79. The van der Waals surface area contributed by atoms with Crippen molar-refractivity contribution in [3.8, 4) is 0 Å². The van der Waals surface area contributed by atoms with Crippen molar-refractivity contribution in [1.82, 2.24) is 5.32 Å². The molecule has 15 heavy (non-hydrogen) atoms. The zero-order valence-corrected chi connectivity index (χ0v) is 10.9. The lowest BCUT2D eigenvalue weighted by molar-refractivity contribution is 0.147. The number of rotatable bonds is 6. The van der Waals surface area contributed by atoms with E-state index < -0.39 is 0 Å². The van der Waals surface area contributed by atoms with E-state index >= 15 is 0 Å². The van der Waals surface area contributed by atoms with E-state index in [2.05, 4.69) is 26.2 Å². The van der Waals surface area contributed by atoms with Crippen LogP contribution in [0.3, 0.4) is 0 Å². The van der Waals surface area contributed by atoms with Crippen LogP contribution in [-0.4, -0.2) is 13.6 Å². The summed E-state index contributed by atoms with van der Waals surface area (Å²) in [5, 5.41) is 3.39. The van der Waals surface area contributed by atoms with Crippen LogP contribution in [0, 0.1) is 17.8 Å². The first-order chi connectivity index (χ1) is 7.33. The predicted molar refractivity (Wildman–Crippen MR) is 68.1 cm³/mol. The Kier molecular flexibility index (Phi) is 6.31. The predicted octanol–water partition coefficient (Wildman–Crippen LogP) is 3.84. The van der Waals surface area contributed by atoms with Crippen LogP contribution >= 0.6 is 0 Å². The fourth-order valence-corrected chi connectivity index (χ4v) is 3.46. The molecule has 0 aromatic carbocycles. The van der Waals surface area contributed by atoms with Gasteiger partial charge in [0.25, 0.3) is 0 Å². The molecule has 1 nitrogen and oxygen atoms in total. The molecular formula is C14H29N. The molecule has 0 heterocycles. The highest BCUT2D eigenvalue weighted by molar-refractivity contribution is 4.81. The van der Waals surface area contributed by atoms with Crippen LogP contribution in [0.25, 0.3) is 0 Å². The van der Waals surface area contributed by atoms with Gasteiger partial charge < -0.3 is 5.32 Å². The van der Waals surface area contributed by atoms with Crippen molar-refractivity contribution in [2.24, 2.45) is 17.8 Å². The third-order valence-electron chi connectivity index (χ3n) is 4.22. The Bertz CT molecular complexity index is 145. The van der Waals surface area contributed by atoms with Crippen molar-refractivity contribution in [3.05, 3.63) is 0 Å². The molecule has 1 saturated carbocycles. The molecule has 0 amide bonds. The smallest absolute Gasteiger partial charge is 0.00208 e. The summed E-state index contributed by atoms with van der Waals surface area (Å²) in [6.07, 6.45) is 10.1. The van der Waals surface area contributed by atoms with Crippen LogP contribution < -0.4 is 5.32 Å². The van der Waals surface area contributed by atoms with Crippen LogP contribution in [0.4, 0.5) is 0 Å². The van der Waals surface area contributed by atoms with Crippen molar-refractivity contribution in [2.75, 3.05) is 13.6 Å². The molecule has 1 aliphatic carbocycles. The van der Waals surface area contributed by atoms with Crippen LogP contribution in [-0.2, 0) is 0 Å². The molecule has 90 valence electrons. The van der Waals surface area contributed by atoms with Gasteiger partial charge in [0.1, 0.15) is 0 Å². The first-order valence-corrected chi connectivity index (χ1v) is 6.98. The topological polar surface area (TPSA) is 12.0 Å². The lowest BCUT2D eigenvalue weighted by Gasteiger charge is -2.37. The Morgan fingerprint density at radius 1 is 1.20 bits per heavy atom. The summed E-state index contributed by atoms with van der Waals surface area (Å²) < 4.78 is 0. The summed E-state index contributed by atoms with van der Waals surface area (Å²) in [6.45, 7) is 5.95. The minimum absolute atomic E-state index is 0.959. The molecule has 0 spiro atoms. The van der Waals surface area contributed by atoms with Crippen LogP contribution in [0.1, 0.15) is 58.8 Å². The van der Waals surface area contributed by atoms with Crippen molar-refractivity contribution in [2.45, 2.75) is 58.8 Å². The van der Waals surface area contributed by atoms with Gasteiger partial charge in [0, 0.05) is 0 Å². The molecular weight excluding hydrogens is 182 g/mol. The quantitative estimate of drug-likeness (QED) is 0.704. The van der Waals surface area contributed by atoms with E-state index in [0.29, 0.717) is 0 Å². The van der Waals surface area contributed by atoms with E-state index in [4.69, 9.17) is 0 Å². The van der Waals surface area contributed by atoms with Crippen LogP contribution in [0.15, 0.2) is 0 Å². The Hall–Kier alpha value is -0.0400. The van der Waals surface area contributed by atoms with Crippen LogP contribution in [0.2, 0.25) is 0 Å². The number of nitrogens with one attached hydrogen (secondary N) is 1. The summed E-state index contributed by atoms with van der Waals surface area (Å²) in [6, 6.07) is 0. The first kappa shape index (κ1) is 13.0. The third-order valence-corrected chi connectivity index (χ3v) is 4.22. The molecule has 1 fully saturated rings. The molecule has 0 bridgehead atoms. The van der Waals surface area contributed by atoms with Crippen LogP contribution in [0.5, 0.6) is 0 Å². The van der Waals surface area contributed by atoms with Gasteiger partial charge in [0.05, 0.1) is 0 Å². The average molecular weight is 211 g/mol. The monoisotopic (exact) mass is 211 g/mol. The standard InChI is InChI=1S/C14H29N/c1-4-8-12(5-2)14-10-7-6-9-13(14)11-15-3/h12-15H,4-11H2,1-3H3. The Morgan fingerprint density at radius 3 is 2.53 bits per heavy atom. The highest BCUT2D eigenvalue weighted by Gasteiger charge is 2.29. The first-order valence-electron chi connectivity index (χ1n) is 6.98. The summed E-state index contributed by atoms with van der Waals surface area (Å²) in [5.41, 5.74) is 0. The molecule has 0 aliphatic heterocycles. The van der Waals surface area contributed by atoms with Crippen molar-refractivity contribution >= 4 is 0 Å². The average Bonchev–Trinajstić information content (AvgIpc) is 2.27. The maximum atomic E-state index is 3.39. The highest BCUT2D eigenvalue weighted by atomic mass is 14.8.